The van der Waals surface area contributed by atoms with Crippen LogP contribution < -0.4 is 0 Å². The monoisotopic (exact) mass is 291 g/mol. The minimum Gasteiger partial charge on any atom is -0.392 e. The Hall–Kier alpha value is -0.620. The van der Waals surface area contributed by atoms with Gasteiger partial charge in [0.05, 0.1) is 11.6 Å². The molecule has 1 rings (SSSR count). The fourth-order valence-electron chi connectivity index (χ4n) is 1.62. The average Bonchev–Trinajstić information content (AvgIpc) is 2.28. The Kier molecular flexibility index (Phi) is 5.16. The summed E-state index contributed by atoms with van der Waals surface area (Å²) in [4.78, 5) is 0.0406. The number of benzene rings is 1. The molecular formula is C12H18ClNO3S. The molecule has 0 aliphatic carbocycles. The molecule has 0 radical (unpaired) electrons. The van der Waals surface area contributed by atoms with Crippen molar-refractivity contribution in [1.29, 1.82) is 0 Å². The minimum absolute atomic E-state index is 0.0406. The summed E-state index contributed by atoms with van der Waals surface area (Å²) in [5.74, 6) is 0.226. The van der Waals surface area contributed by atoms with Crippen molar-refractivity contribution < 1.29 is 13.5 Å². The van der Waals surface area contributed by atoms with Gasteiger partial charge in [0.25, 0.3) is 0 Å². The van der Waals surface area contributed by atoms with E-state index in [2.05, 4.69) is 0 Å². The normalized spacial score (nSPS) is 12.4. The molecule has 0 aromatic heterocycles. The second kappa shape index (κ2) is 6.02. The van der Waals surface area contributed by atoms with Gasteiger partial charge in [0.2, 0.25) is 10.0 Å². The predicted molar refractivity (Wildman–Crippen MR) is 72.0 cm³/mol. The summed E-state index contributed by atoms with van der Waals surface area (Å²) in [7, 11) is -2.08. The molecule has 6 heteroatoms. The van der Waals surface area contributed by atoms with Gasteiger partial charge in [-0.05, 0) is 23.6 Å². The van der Waals surface area contributed by atoms with E-state index in [0.717, 1.165) is 0 Å². The molecule has 0 fully saturated rings. The van der Waals surface area contributed by atoms with E-state index in [-0.39, 0.29) is 22.4 Å². The molecule has 0 heterocycles. The topological polar surface area (TPSA) is 57.6 Å². The summed E-state index contributed by atoms with van der Waals surface area (Å²) in [5, 5.41) is 9.22. The Morgan fingerprint density at radius 3 is 2.50 bits per heavy atom. The molecule has 1 N–H and O–H groups in total. The summed E-state index contributed by atoms with van der Waals surface area (Å²) < 4.78 is 25.9. The smallest absolute Gasteiger partial charge is 0.244 e. The molecule has 102 valence electrons. The minimum atomic E-state index is -3.61. The molecular weight excluding hydrogens is 274 g/mol. The first-order valence-corrected chi connectivity index (χ1v) is 7.46. The van der Waals surface area contributed by atoms with Gasteiger partial charge in [-0.1, -0.05) is 31.5 Å². The zero-order valence-electron chi connectivity index (χ0n) is 10.7. The Morgan fingerprint density at radius 1 is 1.39 bits per heavy atom. The highest BCUT2D eigenvalue weighted by atomic mass is 35.5. The fraction of sp³-hybridized carbons (Fsp3) is 0.500. The lowest BCUT2D eigenvalue weighted by atomic mass is 10.2. The van der Waals surface area contributed by atoms with Gasteiger partial charge in [-0.25, -0.2) is 12.7 Å². The zero-order valence-corrected chi connectivity index (χ0v) is 12.3. The lowest BCUT2D eigenvalue weighted by Gasteiger charge is -2.20. The second-order valence-corrected chi connectivity index (χ2v) is 7.02. The fourth-order valence-corrected chi connectivity index (χ4v) is 3.48. The Balaban J connectivity index is 3.19. The molecule has 0 saturated carbocycles. The van der Waals surface area contributed by atoms with E-state index in [0.29, 0.717) is 12.1 Å². The van der Waals surface area contributed by atoms with E-state index in [1.54, 1.807) is 6.07 Å². The van der Waals surface area contributed by atoms with E-state index in [4.69, 9.17) is 16.7 Å². The lowest BCUT2D eigenvalue weighted by Crippen LogP contribution is -2.30. The predicted octanol–water partition coefficient (Wildman–Crippen LogP) is 2.11. The summed E-state index contributed by atoms with van der Waals surface area (Å²) in [5.41, 5.74) is 0.524. The number of nitrogens with zero attached hydrogens (tertiary/aromatic N) is 1. The standard InChI is InChI=1S/C12H18ClNO3S/c1-9(2)7-14(3)18(16,17)12-6-10(8-15)4-5-11(12)13/h4-6,9,15H,7-8H2,1-3H3. The van der Waals surface area contributed by atoms with Crippen molar-refractivity contribution in [2.24, 2.45) is 5.92 Å². The van der Waals surface area contributed by atoms with E-state index in [1.165, 1.54) is 23.5 Å². The van der Waals surface area contributed by atoms with Gasteiger partial charge in [-0.15, -0.1) is 0 Å². The van der Waals surface area contributed by atoms with Crippen LogP contribution >= 0.6 is 11.6 Å². The molecule has 1 aromatic rings. The van der Waals surface area contributed by atoms with Gasteiger partial charge in [0.1, 0.15) is 4.90 Å². The number of rotatable bonds is 5. The van der Waals surface area contributed by atoms with Crippen LogP contribution in [0.2, 0.25) is 5.02 Å². The van der Waals surface area contributed by atoms with Crippen molar-refractivity contribution in [2.75, 3.05) is 13.6 Å². The number of hydrogen-bond acceptors (Lipinski definition) is 3. The van der Waals surface area contributed by atoms with E-state index < -0.39 is 10.0 Å². The van der Waals surface area contributed by atoms with Crippen molar-refractivity contribution >= 4 is 21.6 Å². The van der Waals surface area contributed by atoms with E-state index >= 15 is 0 Å². The molecule has 1 aromatic carbocycles. The van der Waals surface area contributed by atoms with Gasteiger partial charge >= 0.3 is 0 Å². The molecule has 0 spiro atoms. The molecule has 0 aliphatic rings. The maximum atomic E-state index is 12.3. The highest BCUT2D eigenvalue weighted by Gasteiger charge is 2.24. The second-order valence-electron chi connectivity index (χ2n) is 4.60. The molecule has 0 unspecified atom stereocenters. The zero-order chi connectivity index (χ0) is 13.9. The third-order valence-electron chi connectivity index (χ3n) is 2.49. The van der Waals surface area contributed by atoms with Gasteiger partial charge in [-0.2, -0.15) is 0 Å². The van der Waals surface area contributed by atoms with Crippen molar-refractivity contribution in [3.8, 4) is 0 Å². The van der Waals surface area contributed by atoms with Crippen molar-refractivity contribution in [3.05, 3.63) is 28.8 Å². The number of aliphatic hydroxyl groups is 1. The van der Waals surface area contributed by atoms with Crippen LogP contribution in [-0.4, -0.2) is 31.4 Å². The highest BCUT2D eigenvalue weighted by molar-refractivity contribution is 7.89. The molecule has 0 aliphatic heterocycles. The molecule has 4 nitrogen and oxygen atoms in total. The number of hydrogen-bond donors (Lipinski definition) is 1. The number of aliphatic hydroxyl groups excluding tert-OH is 1. The van der Waals surface area contributed by atoms with Crippen LogP contribution in [0, 0.1) is 5.92 Å². The molecule has 0 saturated heterocycles. The van der Waals surface area contributed by atoms with E-state index in [1.807, 2.05) is 13.8 Å². The quantitative estimate of drug-likeness (QED) is 0.904. The molecule has 18 heavy (non-hydrogen) atoms. The first-order chi connectivity index (χ1) is 8.28. The SMILES string of the molecule is CC(C)CN(C)S(=O)(=O)c1cc(CO)ccc1Cl. The summed E-state index contributed by atoms with van der Waals surface area (Å²) in [6, 6.07) is 4.50. The van der Waals surface area contributed by atoms with Crippen LogP contribution in [0.1, 0.15) is 19.4 Å². The van der Waals surface area contributed by atoms with Crippen LogP contribution in [0.3, 0.4) is 0 Å². The Labute approximate surface area is 113 Å². The maximum Gasteiger partial charge on any atom is 0.244 e. The van der Waals surface area contributed by atoms with Crippen LogP contribution in [0.5, 0.6) is 0 Å². The van der Waals surface area contributed by atoms with Crippen LogP contribution in [0.4, 0.5) is 0 Å². The Morgan fingerprint density at radius 2 is 2.00 bits per heavy atom. The third kappa shape index (κ3) is 3.45. The van der Waals surface area contributed by atoms with Crippen LogP contribution in [0.25, 0.3) is 0 Å². The highest BCUT2D eigenvalue weighted by Crippen LogP contribution is 2.25. The largest absolute Gasteiger partial charge is 0.392 e. The number of sulfonamides is 1. The Bertz CT molecular complexity index is 514. The summed E-state index contributed by atoms with van der Waals surface area (Å²) in [6.07, 6.45) is 0. The van der Waals surface area contributed by atoms with Crippen molar-refractivity contribution in [3.63, 3.8) is 0 Å². The average molecular weight is 292 g/mol. The maximum absolute atomic E-state index is 12.3. The van der Waals surface area contributed by atoms with Crippen LogP contribution in [-0.2, 0) is 16.6 Å². The molecule has 0 bridgehead atoms. The van der Waals surface area contributed by atoms with Gasteiger partial charge in [0.15, 0.2) is 0 Å². The first-order valence-electron chi connectivity index (χ1n) is 5.64. The van der Waals surface area contributed by atoms with Gasteiger partial charge in [0, 0.05) is 13.6 Å². The lowest BCUT2D eigenvalue weighted by molar-refractivity contribution is 0.281. The third-order valence-corrected chi connectivity index (χ3v) is 4.79. The van der Waals surface area contributed by atoms with Crippen LogP contribution in [0.15, 0.2) is 23.1 Å². The molecule has 0 amide bonds. The summed E-state index contributed by atoms with van der Waals surface area (Å²) >= 11 is 5.93. The summed E-state index contributed by atoms with van der Waals surface area (Å²) in [6.45, 7) is 4.09. The first kappa shape index (κ1) is 15.4. The van der Waals surface area contributed by atoms with Crippen molar-refractivity contribution in [2.45, 2.75) is 25.3 Å². The van der Waals surface area contributed by atoms with Gasteiger partial charge in [-0.3, -0.25) is 0 Å². The van der Waals surface area contributed by atoms with Gasteiger partial charge < -0.3 is 5.11 Å². The number of halogens is 1. The van der Waals surface area contributed by atoms with Crippen molar-refractivity contribution in [1.82, 2.24) is 4.31 Å². The molecule has 0 atom stereocenters. The van der Waals surface area contributed by atoms with E-state index in [9.17, 15) is 8.42 Å².